The maximum atomic E-state index is 12.5. The van der Waals surface area contributed by atoms with Crippen molar-refractivity contribution in [3.05, 3.63) is 40.2 Å². The van der Waals surface area contributed by atoms with Gasteiger partial charge in [-0.2, -0.15) is 0 Å². The van der Waals surface area contributed by atoms with Crippen LogP contribution in [0, 0.1) is 5.92 Å². The van der Waals surface area contributed by atoms with E-state index in [9.17, 15) is 9.59 Å². The molecule has 2 aromatic heterocycles. The molecule has 2 aromatic rings. The van der Waals surface area contributed by atoms with E-state index in [1.807, 2.05) is 24.1 Å². The van der Waals surface area contributed by atoms with Crippen LogP contribution in [0.4, 0.5) is 0 Å². The number of hydrogen-bond acceptors (Lipinski definition) is 5. The lowest BCUT2D eigenvalue weighted by Gasteiger charge is -2.31. The Morgan fingerprint density at radius 1 is 1.48 bits per heavy atom. The van der Waals surface area contributed by atoms with Crippen LogP contribution in [-0.4, -0.2) is 34.8 Å². The van der Waals surface area contributed by atoms with Crippen LogP contribution in [0.15, 0.2) is 28.2 Å². The molecule has 0 aromatic carbocycles. The molecule has 0 saturated carbocycles. The van der Waals surface area contributed by atoms with Crippen molar-refractivity contribution in [3.8, 4) is 0 Å². The Labute approximate surface area is 151 Å². The normalized spacial score (nSPS) is 17.7. The zero-order valence-electron chi connectivity index (χ0n) is 14.5. The van der Waals surface area contributed by atoms with E-state index in [1.165, 1.54) is 6.26 Å². The molecule has 25 heavy (non-hydrogen) atoms. The van der Waals surface area contributed by atoms with Gasteiger partial charge in [0.25, 0.3) is 5.91 Å². The van der Waals surface area contributed by atoms with Gasteiger partial charge in [-0.25, -0.2) is 4.98 Å². The van der Waals surface area contributed by atoms with Gasteiger partial charge in [0.15, 0.2) is 5.76 Å². The number of nitrogens with zero attached hydrogens (tertiary/aromatic N) is 2. The molecule has 1 aliphatic rings. The van der Waals surface area contributed by atoms with Gasteiger partial charge in [-0.1, -0.05) is 13.8 Å². The summed E-state index contributed by atoms with van der Waals surface area (Å²) in [6.45, 7) is 5.60. The summed E-state index contributed by atoms with van der Waals surface area (Å²) < 4.78 is 5.22. The molecule has 6 nitrogen and oxygen atoms in total. The highest BCUT2D eigenvalue weighted by molar-refractivity contribution is 7.09. The highest BCUT2D eigenvalue weighted by atomic mass is 32.1. The largest absolute Gasteiger partial charge is 0.459 e. The van der Waals surface area contributed by atoms with Crippen LogP contribution in [-0.2, 0) is 11.3 Å². The molecule has 2 amide bonds. The highest BCUT2D eigenvalue weighted by Gasteiger charge is 2.28. The highest BCUT2D eigenvalue weighted by Crippen LogP contribution is 2.30. The van der Waals surface area contributed by atoms with Crippen LogP contribution in [0.25, 0.3) is 0 Å². The SMILES string of the molecule is CC(C)C(=O)NCc1csc([C@H]2CCCN(C(=O)c3ccco3)C2)n1. The van der Waals surface area contributed by atoms with Crippen molar-refractivity contribution in [2.75, 3.05) is 13.1 Å². The summed E-state index contributed by atoms with van der Waals surface area (Å²) in [5.41, 5.74) is 0.878. The first-order valence-corrected chi connectivity index (χ1v) is 9.47. The Morgan fingerprint density at radius 3 is 3.04 bits per heavy atom. The zero-order valence-corrected chi connectivity index (χ0v) is 15.3. The van der Waals surface area contributed by atoms with Crippen LogP contribution in [0.1, 0.15) is 53.9 Å². The number of rotatable bonds is 5. The van der Waals surface area contributed by atoms with Crippen LogP contribution >= 0.6 is 11.3 Å². The van der Waals surface area contributed by atoms with Gasteiger partial charge in [-0.05, 0) is 25.0 Å². The average Bonchev–Trinajstić information content (AvgIpc) is 3.30. The van der Waals surface area contributed by atoms with E-state index >= 15 is 0 Å². The summed E-state index contributed by atoms with van der Waals surface area (Å²) in [7, 11) is 0. The molecule has 134 valence electrons. The maximum absolute atomic E-state index is 12.5. The Morgan fingerprint density at radius 2 is 2.32 bits per heavy atom. The molecule has 0 spiro atoms. The standard InChI is InChI=1S/C18H23N3O3S/c1-12(2)16(22)19-9-14-11-25-17(20-14)13-5-3-7-21(10-13)18(23)15-6-4-8-24-15/h4,6,8,11-13H,3,5,7,9-10H2,1-2H3,(H,19,22)/t13-/m0/s1. The molecule has 1 fully saturated rings. The number of piperidine rings is 1. The fourth-order valence-electron chi connectivity index (χ4n) is 2.89. The Kier molecular flexibility index (Phi) is 5.53. The van der Waals surface area contributed by atoms with Gasteiger partial charge < -0.3 is 14.6 Å². The summed E-state index contributed by atoms with van der Waals surface area (Å²) in [6, 6.07) is 3.43. The third-order valence-electron chi connectivity index (χ3n) is 4.33. The van der Waals surface area contributed by atoms with E-state index in [1.54, 1.807) is 23.5 Å². The van der Waals surface area contributed by atoms with Gasteiger partial charge in [0.05, 0.1) is 23.5 Å². The summed E-state index contributed by atoms with van der Waals surface area (Å²) in [6.07, 6.45) is 3.50. The molecule has 0 radical (unpaired) electrons. The molecule has 1 atom stereocenters. The molecule has 0 aliphatic carbocycles. The van der Waals surface area contributed by atoms with Crippen LogP contribution in [0.5, 0.6) is 0 Å². The van der Waals surface area contributed by atoms with Crippen LogP contribution in [0.3, 0.4) is 0 Å². The first-order valence-electron chi connectivity index (χ1n) is 8.59. The first kappa shape index (κ1) is 17.7. The van der Waals surface area contributed by atoms with E-state index in [4.69, 9.17) is 4.42 Å². The molecule has 1 saturated heterocycles. The fourth-order valence-corrected chi connectivity index (χ4v) is 3.84. The summed E-state index contributed by atoms with van der Waals surface area (Å²) >= 11 is 1.60. The Bertz CT molecular complexity index is 724. The third kappa shape index (κ3) is 4.28. The molecule has 0 bridgehead atoms. The van der Waals surface area contributed by atoms with Gasteiger partial charge in [0.2, 0.25) is 5.91 Å². The third-order valence-corrected chi connectivity index (χ3v) is 5.38. The first-order chi connectivity index (χ1) is 12.0. The second kappa shape index (κ2) is 7.82. The summed E-state index contributed by atoms with van der Waals surface area (Å²) in [5, 5.41) is 5.91. The molecule has 1 N–H and O–H groups in total. The Balaban J connectivity index is 1.60. The average molecular weight is 361 g/mol. The number of amides is 2. The minimum Gasteiger partial charge on any atom is -0.459 e. The topological polar surface area (TPSA) is 75.4 Å². The molecule has 0 unspecified atom stereocenters. The van der Waals surface area contributed by atoms with E-state index < -0.39 is 0 Å². The number of hydrogen-bond donors (Lipinski definition) is 1. The number of aromatic nitrogens is 1. The monoisotopic (exact) mass is 361 g/mol. The van der Waals surface area contributed by atoms with Crippen molar-refractivity contribution in [2.45, 2.75) is 39.2 Å². The van der Waals surface area contributed by atoms with Crippen molar-refractivity contribution >= 4 is 23.2 Å². The quantitative estimate of drug-likeness (QED) is 0.888. The van der Waals surface area contributed by atoms with E-state index in [2.05, 4.69) is 10.3 Å². The molecule has 7 heteroatoms. The van der Waals surface area contributed by atoms with E-state index in [-0.39, 0.29) is 23.7 Å². The predicted molar refractivity (Wildman–Crippen MR) is 95.4 cm³/mol. The predicted octanol–water partition coefficient (Wildman–Crippen LogP) is 3.03. The summed E-state index contributed by atoms with van der Waals surface area (Å²) in [5.74, 6) is 0.569. The lowest BCUT2D eigenvalue weighted by molar-refractivity contribution is -0.124. The Hall–Kier alpha value is -2.15. The molecule has 1 aliphatic heterocycles. The van der Waals surface area contributed by atoms with E-state index in [0.29, 0.717) is 18.8 Å². The van der Waals surface area contributed by atoms with Gasteiger partial charge >= 0.3 is 0 Å². The number of thiazole rings is 1. The summed E-state index contributed by atoms with van der Waals surface area (Å²) in [4.78, 5) is 30.6. The number of nitrogens with one attached hydrogen (secondary N) is 1. The lowest BCUT2D eigenvalue weighted by Crippen LogP contribution is -2.39. The van der Waals surface area contributed by atoms with Gasteiger partial charge in [-0.3, -0.25) is 9.59 Å². The van der Waals surface area contributed by atoms with Crippen molar-refractivity contribution in [3.63, 3.8) is 0 Å². The minimum absolute atomic E-state index is 0.0300. The van der Waals surface area contributed by atoms with Gasteiger partial charge in [-0.15, -0.1) is 11.3 Å². The van der Waals surface area contributed by atoms with Gasteiger partial charge in [0.1, 0.15) is 0 Å². The molecular formula is C18H23N3O3S. The second-order valence-electron chi connectivity index (χ2n) is 6.62. The minimum atomic E-state index is -0.0596. The van der Waals surface area contributed by atoms with Crippen molar-refractivity contribution < 1.29 is 14.0 Å². The smallest absolute Gasteiger partial charge is 0.289 e. The van der Waals surface area contributed by atoms with Crippen molar-refractivity contribution in [1.29, 1.82) is 0 Å². The number of carbonyl (C=O) groups excluding carboxylic acids is 2. The zero-order chi connectivity index (χ0) is 17.8. The van der Waals surface area contributed by atoms with E-state index in [0.717, 1.165) is 30.1 Å². The van der Waals surface area contributed by atoms with Crippen LogP contribution in [0.2, 0.25) is 0 Å². The van der Waals surface area contributed by atoms with Crippen LogP contribution < -0.4 is 5.32 Å². The van der Waals surface area contributed by atoms with Crippen molar-refractivity contribution in [2.24, 2.45) is 5.92 Å². The number of likely N-dealkylation sites (tertiary alicyclic amines) is 1. The molecular weight excluding hydrogens is 338 g/mol. The lowest BCUT2D eigenvalue weighted by atomic mass is 9.98. The second-order valence-corrected chi connectivity index (χ2v) is 7.51. The fraction of sp³-hybridized carbons (Fsp3) is 0.500. The maximum Gasteiger partial charge on any atom is 0.289 e. The number of furan rings is 1. The molecule has 3 rings (SSSR count). The van der Waals surface area contributed by atoms with Gasteiger partial charge in [0, 0.05) is 30.3 Å². The van der Waals surface area contributed by atoms with Crippen molar-refractivity contribution in [1.82, 2.24) is 15.2 Å². The number of carbonyl (C=O) groups is 2. The molecule has 3 heterocycles.